The van der Waals surface area contributed by atoms with Crippen LogP contribution in [-0.4, -0.2) is 39.3 Å². The largest absolute Gasteiger partial charge is 0.507 e. The maximum absolute atomic E-state index is 13.4. The second-order valence-corrected chi connectivity index (χ2v) is 10.4. The molecule has 1 atom stereocenters. The number of ketones is 1. The van der Waals surface area contributed by atoms with Crippen LogP contribution in [0.3, 0.4) is 0 Å². The summed E-state index contributed by atoms with van der Waals surface area (Å²) in [6.07, 6.45) is 3.09. The Morgan fingerprint density at radius 1 is 1.07 bits per heavy atom. The number of thiazole rings is 1. The van der Waals surface area contributed by atoms with Gasteiger partial charge in [0.15, 0.2) is 5.13 Å². The monoisotopic (exact) mass is 569 g/mol. The van der Waals surface area contributed by atoms with Crippen LogP contribution >= 0.6 is 11.3 Å². The Hall–Kier alpha value is -4.83. The molecule has 9 nitrogen and oxygen atoms in total. The number of aryl methyl sites for hydroxylation is 2. The zero-order chi connectivity index (χ0) is 29.1. The highest BCUT2D eigenvalue weighted by molar-refractivity contribution is 7.17. The van der Waals surface area contributed by atoms with Crippen LogP contribution in [0.2, 0.25) is 0 Å². The Morgan fingerprint density at radius 3 is 2.54 bits per heavy atom. The molecule has 2 aromatic carbocycles. The molecule has 2 aromatic heterocycles. The van der Waals surface area contributed by atoms with Crippen molar-refractivity contribution in [3.63, 3.8) is 0 Å². The highest BCUT2D eigenvalue weighted by atomic mass is 32.1. The molecule has 0 radical (unpaired) electrons. The molecule has 0 saturated carbocycles. The molecule has 4 aromatic rings. The van der Waals surface area contributed by atoms with Crippen molar-refractivity contribution in [1.29, 1.82) is 0 Å². The number of aliphatic hydroxyl groups is 1. The van der Waals surface area contributed by atoms with Crippen molar-refractivity contribution >= 4 is 39.9 Å². The minimum atomic E-state index is -1.01. The summed E-state index contributed by atoms with van der Waals surface area (Å²) in [4.78, 5) is 49.2. The minimum Gasteiger partial charge on any atom is -0.507 e. The fourth-order valence-electron chi connectivity index (χ4n) is 4.59. The number of ether oxygens (including phenoxy) is 2. The normalized spacial score (nSPS) is 16.2. The number of esters is 1. The molecule has 0 bridgehead atoms. The number of aromatic nitrogens is 2. The highest BCUT2D eigenvalue weighted by Crippen LogP contribution is 2.43. The summed E-state index contributed by atoms with van der Waals surface area (Å²) in [6, 6.07) is 17.0. The van der Waals surface area contributed by atoms with E-state index in [4.69, 9.17) is 9.47 Å². The molecule has 208 valence electrons. The predicted octanol–water partition coefficient (Wildman–Crippen LogP) is 5.54. The predicted molar refractivity (Wildman–Crippen MR) is 154 cm³/mol. The van der Waals surface area contributed by atoms with Gasteiger partial charge in [0.1, 0.15) is 23.0 Å². The maximum Gasteiger partial charge on any atom is 0.350 e. The number of carbonyl (C=O) groups excluding carboxylic acids is 3. The zero-order valence-electron chi connectivity index (χ0n) is 22.7. The van der Waals surface area contributed by atoms with E-state index in [1.54, 1.807) is 56.4 Å². The van der Waals surface area contributed by atoms with Gasteiger partial charge < -0.3 is 14.6 Å². The van der Waals surface area contributed by atoms with Gasteiger partial charge in [0, 0.05) is 18.0 Å². The van der Waals surface area contributed by atoms with Crippen molar-refractivity contribution in [3.8, 4) is 5.75 Å². The van der Waals surface area contributed by atoms with Crippen LogP contribution in [-0.2, 0) is 20.9 Å². The van der Waals surface area contributed by atoms with Gasteiger partial charge in [-0.2, -0.15) is 0 Å². The number of nitrogens with zero attached hydrogens (tertiary/aromatic N) is 3. The molecule has 1 N–H and O–H groups in total. The van der Waals surface area contributed by atoms with Crippen LogP contribution in [0, 0.1) is 13.8 Å². The minimum absolute atomic E-state index is 0.109. The number of hydrogen-bond acceptors (Lipinski definition) is 9. The van der Waals surface area contributed by atoms with Crippen molar-refractivity contribution in [2.75, 3.05) is 11.5 Å². The molecule has 1 aliphatic rings. The molecule has 0 spiro atoms. The first kappa shape index (κ1) is 27.7. The Bertz CT molecular complexity index is 1650. The zero-order valence-corrected chi connectivity index (χ0v) is 23.5. The van der Waals surface area contributed by atoms with Gasteiger partial charge >= 0.3 is 11.9 Å². The third-order valence-electron chi connectivity index (χ3n) is 6.51. The summed E-state index contributed by atoms with van der Waals surface area (Å²) in [6.45, 7) is 5.89. The van der Waals surface area contributed by atoms with E-state index in [9.17, 15) is 19.5 Å². The van der Waals surface area contributed by atoms with Gasteiger partial charge in [-0.05, 0) is 62.2 Å². The average Bonchev–Trinajstić information content (AvgIpc) is 3.48. The third-order valence-corrected chi connectivity index (χ3v) is 7.65. The van der Waals surface area contributed by atoms with E-state index in [1.807, 2.05) is 31.2 Å². The molecule has 5 rings (SSSR count). The number of rotatable bonds is 8. The number of benzene rings is 2. The Balaban J connectivity index is 1.50. The quantitative estimate of drug-likeness (QED) is 0.127. The van der Waals surface area contributed by atoms with Crippen LogP contribution in [0.1, 0.15) is 50.6 Å². The van der Waals surface area contributed by atoms with E-state index < -0.39 is 23.7 Å². The number of anilines is 1. The van der Waals surface area contributed by atoms with Gasteiger partial charge in [-0.3, -0.25) is 19.5 Å². The molecule has 1 aliphatic heterocycles. The Morgan fingerprint density at radius 2 is 1.85 bits per heavy atom. The first-order valence-electron chi connectivity index (χ1n) is 12.9. The number of aliphatic hydroxyl groups excluding tert-OH is 1. The van der Waals surface area contributed by atoms with Gasteiger partial charge in [-0.15, -0.1) is 0 Å². The van der Waals surface area contributed by atoms with Crippen LogP contribution in [0.15, 0.2) is 78.6 Å². The number of hydrogen-bond donors (Lipinski definition) is 1. The Kier molecular flexibility index (Phi) is 7.93. The molecule has 1 amide bonds. The second kappa shape index (κ2) is 11.7. The average molecular weight is 570 g/mol. The van der Waals surface area contributed by atoms with Crippen molar-refractivity contribution < 1.29 is 29.0 Å². The number of Topliss-reactive ketones (excluding diaryl/α,β-unsaturated/α-hetero) is 1. The summed E-state index contributed by atoms with van der Waals surface area (Å²) in [5.74, 6) is -2.07. The summed E-state index contributed by atoms with van der Waals surface area (Å²) in [7, 11) is 0. The fraction of sp³-hybridized carbons (Fsp3) is 0.194. The molecule has 3 heterocycles. The molecule has 1 fully saturated rings. The molecule has 0 aliphatic carbocycles. The second-order valence-electron chi connectivity index (χ2n) is 9.39. The third kappa shape index (κ3) is 5.59. The lowest BCUT2D eigenvalue weighted by molar-refractivity contribution is -0.132. The van der Waals surface area contributed by atoms with E-state index >= 15 is 0 Å². The number of amides is 1. The molecular weight excluding hydrogens is 542 g/mol. The van der Waals surface area contributed by atoms with E-state index in [0.29, 0.717) is 29.2 Å². The van der Waals surface area contributed by atoms with Crippen molar-refractivity contribution in [3.05, 3.63) is 111 Å². The van der Waals surface area contributed by atoms with Crippen LogP contribution < -0.4 is 9.64 Å². The van der Waals surface area contributed by atoms with Crippen molar-refractivity contribution in [2.45, 2.75) is 33.4 Å². The lowest BCUT2D eigenvalue weighted by atomic mass is 9.96. The lowest BCUT2D eigenvalue weighted by Crippen LogP contribution is -2.29. The first-order chi connectivity index (χ1) is 19.8. The van der Waals surface area contributed by atoms with Crippen molar-refractivity contribution in [1.82, 2.24) is 9.97 Å². The van der Waals surface area contributed by atoms with Gasteiger partial charge in [0.05, 0.1) is 23.9 Å². The topological polar surface area (TPSA) is 119 Å². The maximum atomic E-state index is 13.4. The van der Waals surface area contributed by atoms with Crippen LogP contribution in [0.25, 0.3) is 5.76 Å². The Labute approximate surface area is 240 Å². The molecule has 10 heteroatoms. The summed E-state index contributed by atoms with van der Waals surface area (Å²) in [5, 5.41) is 11.5. The van der Waals surface area contributed by atoms with E-state index in [2.05, 4.69) is 9.97 Å². The summed E-state index contributed by atoms with van der Waals surface area (Å²) < 4.78 is 11.0. The molecule has 1 saturated heterocycles. The number of carbonyl (C=O) groups is 3. The molecule has 1 unspecified atom stereocenters. The van der Waals surface area contributed by atoms with Gasteiger partial charge in [0.2, 0.25) is 0 Å². The molecular formula is C31H27N3O6S. The lowest BCUT2D eigenvalue weighted by Gasteiger charge is -2.22. The number of pyridine rings is 1. The van der Waals surface area contributed by atoms with E-state index in [1.165, 1.54) is 11.1 Å². The van der Waals surface area contributed by atoms with Crippen LogP contribution in [0.5, 0.6) is 5.75 Å². The SMILES string of the molecule is CCOC(=O)c1sc(N2C(=O)C(=O)C(=C(O)c3ccc(OCc4cccc(C)c4)cc3)C2c2cccnc2)nc1C. The molecule has 41 heavy (non-hydrogen) atoms. The summed E-state index contributed by atoms with van der Waals surface area (Å²) in [5.41, 5.74) is 3.26. The summed E-state index contributed by atoms with van der Waals surface area (Å²) >= 11 is 0.951. The smallest absolute Gasteiger partial charge is 0.350 e. The van der Waals surface area contributed by atoms with Gasteiger partial charge in [-0.1, -0.05) is 47.2 Å². The van der Waals surface area contributed by atoms with Crippen LogP contribution in [0.4, 0.5) is 5.13 Å². The first-order valence-corrected chi connectivity index (χ1v) is 13.7. The van der Waals surface area contributed by atoms with Gasteiger partial charge in [0.25, 0.3) is 5.78 Å². The standard InChI is InChI=1S/C31H27N3O6S/c1-4-39-30(38)28-19(3)33-31(41-28)34-25(22-9-6-14-32-16-22)24(27(36)29(34)37)26(35)21-10-12-23(13-11-21)40-17-20-8-5-7-18(2)15-20/h5-16,25,35H,4,17H2,1-3H3. The fourth-order valence-corrected chi connectivity index (χ4v) is 5.57. The highest BCUT2D eigenvalue weighted by Gasteiger charge is 2.48. The van der Waals surface area contributed by atoms with Gasteiger partial charge in [-0.25, -0.2) is 9.78 Å². The van der Waals surface area contributed by atoms with Crippen molar-refractivity contribution in [2.24, 2.45) is 0 Å². The van der Waals surface area contributed by atoms with E-state index in [-0.39, 0.29) is 27.9 Å². The van der Waals surface area contributed by atoms with E-state index in [0.717, 1.165) is 22.5 Å².